The average Bonchev–Trinajstić information content (AvgIpc) is 2.98. The lowest BCUT2D eigenvalue weighted by molar-refractivity contribution is 0.0791. The maximum absolute atomic E-state index is 12.4. The molecule has 0 spiro atoms. The third-order valence-corrected chi connectivity index (χ3v) is 4.44. The van der Waals surface area contributed by atoms with E-state index in [1.165, 1.54) is 5.56 Å². The number of halogens is 1. The van der Waals surface area contributed by atoms with Crippen LogP contribution >= 0.6 is 22.6 Å². The highest BCUT2D eigenvalue weighted by atomic mass is 127. The van der Waals surface area contributed by atoms with Crippen molar-refractivity contribution < 1.29 is 4.79 Å². The fourth-order valence-electron chi connectivity index (χ4n) is 2.61. The van der Waals surface area contributed by atoms with Gasteiger partial charge in [-0.3, -0.25) is 9.78 Å². The maximum Gasteiger partial charge on any atom is 0.253 e. The number of carbonyl (C=O) groups is 1. The van der Waals surface area contributed by atoms with Crippen molar-refractivity contribution >= 4 is 28.5 Å². The first-order chi connectivity index (χ1) is 9.74. The van der Waals surface area contributed by atoms with E-state index in [9.17, 15) is 4.79 Å². The van der Waals surface area contributed by atoms with Gasteiger partial charge in [0.2, 0.25) is 0 Å². The molecule has 0 radical (unpaired) electrons. The van der Waals surface area contributed by atoms with Gasteiger partial charge in [-0.05, 0) is 64.9 Å². The fraction of sp³-hybridized carbons (Fsp3) is 0.250. The van der Waals surface area contributed by atoms with E-state index < -0.39 is 0 Å². The van der Waals surface area contributed by atoms with Crippen LogP contribution in [0.5, 0.6) is 0 Å². The van der Waals surface area contributed by atoms with E-state index in [0.717, 1.165) is 28.6 Å². The molecular weight excluding hydrogens is 363 g/mol. The van der Waals surface area contributed by atoms with Crippen LogP contribution in [0.1, 0.15) is 28.3 Å². The Hall–Kier alpha value is -1.43. The van der Waals surface area contributed by atoms with E-state index in [4.69, 9.17) is 0 Å². The van der Waals surface area contributed by atoms with E-state index in [0.29, 0.717) is 5.92 Å². The molecule has 0 bridgehead atoms. The number of carbonyl (C=O) groups excluding carboxylic acids is 1. The number of amides is 1. The van der Waals surface area contributed by atoms with Gasteiger partial charge in [0.1, 0.15) is 0 Å². The Balaban J connectivity index is 1.71. The van der Waals surface area contributed by atoms with Gasteiger partial charge in [-0.25, -0.2) is 0 Å². The summed E-state index contributed by atoms with van der Waals surface area (Å²) in [6, 6.07) is 11.8. The molecular formula is C16H15IN2O. The van der Waals surface area contributed by atoms with Crippen LogP contribution in [0.3, 0.4) is 0 Å². The monoisotopic (exact) mass is 378 g/mol. The Morgan fingerprint density at radius 2 is 2.05 bits per heavy atom. The first-order valence-corrected chi connectivity index (χ1v) is 7.76. The molecule has 0 unspecified atom stereocenters. The van der Waals surface area contributed by atoms with Crippen molar-refractivity contribution in [2.75, 3.05) is 13.1 Å². The van der Waals surface area contributed by atoms with Crippen molar-refractivity contribution in [2.24, 2.45) is 0 Å². The second kappa shape index (κ2) is 5.91. The summed E-state index contributed by atoms with van der Waals surface area (Å²) in [7, 11) is 0. The fourth-order valence-corrected chi connectivity index (χ4v) is 2.97. The summed E-state index contributed by atoms with van der Waals surface area (Å²) < 4.78 is 1.15. The van der Waals surface area contributed by atoms with E-state index in [-0.39, 0.29) is 5.91 Å². The Morgan fingerprint density at radius 3 is 2.75 bits per heavy atom. The molecule has 3 nitrogen and oxygen atoms in total. The molecule has 0 N–H and O–H groups in total. The summed E-state index contributed by atoms with van der Waals surface area (Å²) in [6.07, 6.45) is 4.71. The Morgan fingerprint density at radius 1 is 1.25 bits per heavy atom. The highest BCUT2D eigenvalue weighted by molar-refractivity contribution is 14.1. The molecule has 1 amide bonds. The van der Waals surface area contributed by atoms with Crippen LogP contribution in [0.4, 0.5) is 0 Å². The summed E-state index contributed by atoms with van der Waals surface area (Å²) in [6.45, 7) is 1.61. The van der Waals surface area contributed by atoms with Crippen molar-refractivity contribution in [1.29, 1.82) is 0 Å². The van der Waals surface area contributed by atoms with Crippen molar-refractivity contribution in [1.82, 2.24) is 9.88 Å². The highest BCUT2D eigenvalue weighted by Crippen LogP contribution is 2.27. The van der Waals surface area contributed by atoms with E-state index in [2.05, 4.69) is 33.6 Å². The van der Waals surface area contributed by atoms with Gasteiger partial charge in [-0.1, -0.05) is 6.07 Å². The second-order valence-electron chi connectivity index (χ2n) is 5.03. The quantitative estimate of drug-likeness (QED) is 0.752. The number of nitrogens with zero attached hydrogens (tertiary/aromatic N) is 2. The molecule has 1 fully saturated rings. The number of likely N-dealkylation sites (tertiary alicyclic amines) is 1. The molecule has 1 atom stereocenters. The Labute approximate surface area is 132 Å². The van der Waals surface area contributed by atoms with Crippen LogP contribution in [0.15, 0.2) is 48.8 Å². The molecule has 1 aromatic heterocycles. The standard InChI is InChI=1S/C16H15IN2O/c17-15-5-3-12(4-6-15)16(20)19-9-7-14(11-19)13-2-1-8-18-10-13/h1-6,8,10,14H,7,9,11H2/t14-/m0/s1. The van der Waals surface area contributed by atoms with Crippen molar-refractivity contribution in [3.8, 4) is 0 Å². The molecule has 2 heterocycles. The van der Waals surface area contributed by atoms with Gasteiger partial charge in [0, 0.05) is 40.5 Å². The SMILES string of the molecule is O=C(c1ccc(I)cc1)N1CC[C@H](c2cccnc2)C1. The topological polar surface area (TPSA) is 33.2 Å². The van der Waals surface area contributed by atoms with Crippen LogP contribution < -0.4 is 0 Å². The van der Waals surface area contributed by atoms with Crippen molar-refractivity contribution in [3.63, 3.8) is 0 Å². The van der Waals surface area contributed by atoms with Crippen LogP contribution in [-0.4, -0.2) is 28.9 Å². The zero-order chi connectivity index (χ0) is 13.9. The molecule has 3 rings (SSSR count). The normalized spacial score (nSPS) is 18.2. The lowest BCUT2D eigenvalue weighted by Gasteiger charge is -2.16. The summed E-state index contributed by atoms with van der Waals surface area (Å²) in [4.78, 5) is 18.6. The zero-order valence-electron chi connectivity index (χ0n) is 11.0. The molecule has 2 aromatic rings. The largest absolute Gasteiger partial charge is 0.338 e. The molecule has 0 saturated carbocycles. The van der Waals surface area contributed by atoms with Crippen molar-refractivity contribution in [2.45, 2.75) is 12.3 Å². The molecule has 1 aliphatic heterocycles. The number of benzene rings is 1. The number of rotatable bonds is 2. The van der Waals surface area contributed by atoms with E-state index >= 15 is 0 Å². The number of hydrogen-bond donors (Lipinski definition) is 0. The predicted octanol–water partition coefficient (Wildman–Crippen LogP) is 3.32. The smallest absolute Gasteiger partial charge is 0.253 e. The minimum Gasteiger partial charge on any atom is -0.338 e. The minimum atomic E-state index is 0.132. The lowest BCUT2D eigenvalue weighted by Crippen LogP contribution is -2.28. The van der Waals surface area contributed by atoms with Gasteiger partial charge in [-0.15, -0.1) is 0 Å². The third-order valence-electron chi connectivity index (χ3n) is 3.72. The summed E-state index contributed by atoms with van der Waals surface area (Å²) in [5.74, 6) is 0.546. The maximum atomic E-state index is 12.4. The summed E-state index contributed by atoms with van der Waals surface area (Å²) in [5.41, 5.74) is 2.00. The zero-order valence-corrected chi connectivity index (χ0v) is 13.2. The van der Waals surface area contributed by atoms with Gasteiger partial charge in [0.25, 0.3) is 5.91 Å². The highest BCUT2D eigenvalue weighted by Gasteiger charge is 2.27. The number of aromatic nitrogens is 1. The number of hydrogen-bond acceptors (Lipinski definition) is 2. The summed E-state index contributed by atoms with van der Waals surface area (Å²) in [5, 5.41) is 0. The minimum absolute atomic E-state index is 0.132. The van der Waals surface area contributed by atoms with Gasteiger partial charge in [-0.2, -0.15) is 0 Å². The molecule has 1 aromatic carbocycles. The molecule has 102 valence electrons. The Kier molecular flexibility index (Phi) is 4.00. The second-order valence-corrected chi connectivity index (χ2v) is 6.28. The Bertz CT molecular complexity index is 598. The molecule has 20 heavy (non-hydrogen) atoms. The molecule has 1 saturated heterocycles. The molecule has 0 aliphatic carbocycles. The lowest BCUT2D eigenvalue weighted by atomic mass is 10.0. The van der Waals surface area contributed by atoms with Crippen LogP contribution in [0.25, 0.3) is 0 Å². The third kappa shape index (κ3) is 2.85. The number of pyridine rings is 1. The predicted molar refractivity (Wildman–Crippen MR) is 86.7 cm³/mol. The first kappa shape index (κ1) is 13.5. The van der Waals surface area contributed by atoms with Gasteiger partial charge in [0.05, 0.1) is 0 Å². The van der Waals surface area contributed by atoms with Gasteiger partial charge in [0.15, 0.2) is 0 Å². The van der Waals surface area contributed by atoms with E-state index in [1.807, 2.05) is 41.4 Å². The van der Waals surface area contributed by atoms with Crippen LogP contribution in [0, 0.1) is 3.57 Å². The first-order valence-electron chi connectivity index (χ1n) is 6.69. The molecule has 4 heteroatoms. The summed E-state index contributed by atoms with van der Waals surface area (Å²) >= 11 is 2.25. The molecule has 1 aliphatic rings. The van der Waals surface area contributed by atoms with Crippen molar-refractivity contribution in [3.05, 3.63) is 63.5 Å². The van der Waals surface area contributed by atoms with E-state index in [1.54, 1.807) is 6.20 Å². The average molecular weight is 378 g/mol. The van der Waals surface area contributed by atoms with Crippen LogP contribution in [0.2, 0.25) is 0 Å². The van der Waals surface area contributed by atoms with Gasteiger partial charge < -0.3 is 4.90 Å². The van der Waals surface area contributed by atoms with Crippen LogP contribution in [-0.2, 0) is 0 Å². The van der Waals surface area contributed by atoms with Gasteiger partial charge >= 0.3 is 0 Å².